The molecule has 2 aromatic rings. The summed E-state index contributed by atoms with van der Waals surface area (Å²) in [6, 6.07) is 8.24. The third-order valence-electron chi connectivity index (χ3n) is 4.36. The molecule has 1 N–H and O–H groups in total. The maximum Gasteiger partial charge on any atom is 0.207 e. The molecule has 1 fully saturated rings. The second-order valence-corrected chi connectivity index (χ2v) is 6.12. The van der Waals surface area contributed by atoms with Gasteiger partial charge in [-0.2, -0.15) is 5.26 Å². The highest BCUT2D eigenvalue weighted by molar-refractivity contribution is 5.51. The molecule has 0 atom stereocenters. The van der Waals surface area contributed by atoms with Crippen LogP contribution in [0.3, 0.4) is 0 Å². The average Bonchev–Trinajstić information content (AvgIpc) is 3.00. The number of β-amino-alcohol motifs (C(OH)–C–C–N with tert-alkyl or cyclic N) is 1. The first-order chi connectivity index (χ1) is 11.6. The molecule has 0 unspecified atom stereocenters. The van der Waals surface area contributed by atoms with E-state index < -0.39 is 0 Å². The molecule has 7 nitrogen and oxygen atoms in total. The molecule has 126 valence electrons. The van der Waals surface area contributed by atoms with E-state index in [2.05, 4.69) is 32.1 Å². The molecule has 0 spiro atoms. The molecule has 1 aromatic carbocycles. The van der Waals surface area contributed by atoms with Crippen molar-refractivity contribution in [2.45, 2.75) is 13.8 Å². The molecule has 2 heterocycles. The topological polar surface area (TPSA) is 81.2 Å². The monoisotopic (exact) mass is 326 g/mol. The number of benzene rings is 1. The van der Waals surface area contributed by atoms with Gasteiger partial charge in [-0.15, -0.1) is 15.0 Å². The van der Waals surface area contributed by atoms with Crippen molar-refractivity contribution in [2.75, 3.05) is 44.2 Å². The van der Waals surface area contributed by atoms with Gasteiger partial charge in [-0.05, 0) is 25.5 Å². The van der Waals surface area contributed by atoms with Crippen LogP contribution in [0.5, 0.6) is 0 Å². The van der Waals surface area contributed by atoms with Gasteiger partial charge in [0.25, 0.3) is 0 Å². The Labute approximate surface area is 141 Å². The van der Waals surface area contributed by atoms with Gasteiger partial charge < -0.3 is 10.0 Å². The molecule has 0 radical (unpaired) electrons. The van der Waals surface area contributed by atoms with Crippen LogP contribution in [0.2, 0.25) is 0 Å². The summed E-state index contributed by atoms with van der Waals surface area (Å²) in [5, 5.41) is 27.4. The molecule has 3 rings (SSSR count). The van der Waals surface area contributed by atoms with Crippen LogP contribution >= 0.6 is 0 Å². The quantitative estimate of drug-likeness (QED) is 0.898. The predicted octanol–water partition coefficient (Wildman–Crippen LogP) is 0.870. The molecular formula is C17H22N6O. The number of nitriles is 1. The summed E-state index contributed by atoms with van der Waals surface area (Å²) in [6.07, 6.45) is 0. The fourth-order valence-electron chi connectivity index (χ4n) is 3.05. The lowest BCUT2D eigenvalue weighted by atomic mass is 10.1. The molecule has 24 heavy (non-hydrogen) atoms. The fourth-order valence-corrected chi connectivity index (χ4v) is 3.05. The summed E-state index contributed by atoms with van der Waals surface area (Å²) >= 11 is 0. The van der Waals surface area contributed by atoms with Crippen molar-refractivity contribution in [1.29, 1.82) is 5.26 Å². The first kappa shape index (κ1) is 16.4. The van der Waals surface area contributed by atoms with Crippen molar-refractivity contribution >= 4 is 5.82 Å². The van der Waals surface area contributed by atoms with E-state index >= 15 is 0 Å². The number of aromatic nitrogens is 3. The smallest absolute Gasteiger partial charge is 0.207 e. The van der Waals surface area contributed by atoms with E-state index in [9.17, 15) is 5.26 Å². The number of aryl methyl sites for hydroxylation is 2. The molecule has 0 aliphatic carbocycles. The van der Waals surface area contributed by atoms with E-state index in [4.69, 9.17) is 5.11 Å². The van der Waals surface area contributed by atoms with E-state index in [0.29, 0.717) is 18.1 Å². The Hall–Kier alpha value is -2.43. The lowest BCUT2D eigenvalue weighted by Crippen LogP contribution is -2.47. The second kappa shape index (κ2) is 6.99. The summed E-state index contributed by atoms with van der Waals surface area (Å²) in [6.45, 7) is 8.18. The molecule has 0 bridgehead atoms. The third-order valence-corrected chi connectivity index (χ3v) is 4.36. The van der Waals surface area contributed by atoms with E-state index in [-0.39, 0.29) is 6.61 Å². The number of hydrogen-bond acceptors (Lipinski definition) is 6. The standard InChI is InChI=1S/C17H22N6O/c1-13-3-4-16(14(2)11-13)23-19-15(12-18)17(20-23)22-7-5-21(6-8-22)9-10-24/h3-4,11,24H,5-10H2,1-2H3. The normalized spacial score (nSPS) is 15.5. The summed E-state index contributed by atoms with van der Waals surface area (Å²) in [5.74, 6) is 0.640. The van der Waals surface area contributed by atoms with E-state index in [1.54, 1.807) is 4.80 Å². The zero-order valence-corrected chi connectivity index (χ0v) is 14.1. The minimum atomic E-state index is 0.173. The molecule has 0 amide bonds. The number of hydrogen-bond donors (Lipinski definition) is 1. The van der Waals surface area contributed by atoms with Crippen LogP contribution in [0.25, 0.3) is 5.69 Å². The van der Waals surface area contributed by atoms with E-state index in [1.807, 2.05) is 26.0 Å². The van der Waals surface area contributed by atoms with Gasteiger partial charge in [0.1, 0.15) is 6.07 Å². The van der Waals surface area contributed by atoms with E-state index in [0.717, 1.165) is 37.4 Å². The van der Waals surface area contributed by atoms with Gasteiger partial charge >= 0.3 is 0 Å². The Morgan fingerprint density at radius 1 is 1.17 bits per heavy atom. The van der Waals surface area contributed by atoms with Crippen LogP contribution in [0.15, 0.2) is 18.2 Å². The zero-order valence-electron chi connectivity index (χ0n) is 14.1. The lowest BCUT2D eigenvalue weighted by Gasteiger charge is -2.34. The number of nitrogens with zero attached hydrogens (tertiary/aromatic N) is 6. The van der Waals surface area contributed by atoms with Crippen molar-refractivity contribution in [3.63, 3.8) is 0 Å². The van der Waals surface area contributed by atoms with Crippen molar-refractivity contribution < 1.29 is 5.11 Å². The first-order valence-electron chi connectivity index (χ1n) is 8.15. The Kier molecular flexibility index (Phi) is 4.79. The number of anilines is 1. The van der Waals surface area contributed by atoms with Gasteiger partial charge in [0.05, 0.1) is 12.3 Å². The maximum absolute atomic E-state index is 9.42. The number of piperazine rings is 1. The van der Waals surface area contributed by atoms with Gasteiger partial charge in [0.2, 0.25) is 5.69 Å². The first-order valence-corrected chi connectivity index (χ1v) is 8.15. The van der Waals surface area contributed by atoms with Crippen LogP contribution < -0.4 is 4.90 Å². The highest BCUT2D eigenvalue weighted by Crippen LogP contribution is 2.21. The highest BCUT2D eigenvalue weighted by atomic mass is 16.3. The highest BCUT2D eigenvalue weighted by Gasteiger charge is 2.23. The summed E-state index contributed by atoms with van der Waals surface area (Å²) in [5.41, 5.74) is 3.51. The molecular weight excluding hydrogens is 304 g/mol. The Bertz CT molecular complexity index is 755. The van der Waals surface area contributed by atoms with E-state index in [1.165, 1.54) is 5.56 Å². The fraction of sp³-hybridized carbons (Fsp3) is 0.471. The van der Waals surface area contributed by atoms with Crippen LogP contribution in [-0.2, 0) is 0 Å². The van der Waals surface area contributed by atoms with Crippen molar-refractivity contribution in [3.8, 4) is 11.8 Å². The molecule has 1 aromatic heterocycles. The SMILES string of the molecule is Cc1ccc(-n2nc(C#N)c(N3CCN(CCO)CC3)n2)c(C)c1. The molecule has 7 heteroatoms. The molecule has 1 saturated heterocycles. The van der Waals surface area contributed by atoms with Crippen LogP contribution in [0.1, 0.15) is 16.8 Å². The minimum Gasteiger partial charge on any atom is -0.395 e. The maximum atomic E-state index is 9.42. The Balaban J connectivity index is 1.85. The van der Waals surface area contributed by atoms with Crippen LogP contribution in [0.4, 0.5) is 5.82 Å². The Morgan fingerprint density at radius 3 is 2.54 bits per heavy atom. The lowest BCUT2D eigenvalue weighted by molar-refractivity contribution is 0.188. The van der Waals surface area contributed by atoms with Crippen molar-refractivity contribution in [3.05, 3.63) is 35.0 Å². The van der Waals surface area contributed by atoms with Gasteiger partial charge in [-0.1, -0.05) is 17.7 Å². The van der Waals surface area contributed by atoms with Crippen LogP contribution in [-0.4, -0.2) is 64.3 Å². The molecule has 1 aliphatic rings. The zero-order chi connectivity index (χ0) is 17.1. The Morgan fingerprint density at radius 2 is 1.92 bits per heavy atom. The molecule has 0 saturated carbocycles. The molecule has 1 aliphatic heterocycles. The van der Waals surface area contributed by atoms with Crippen molar-refractivity contribution in [1.82, 2.24) is 19.9 Å². The third kappa shape index (κ3) is 3.25. The van der Waals surface area contributed by atoms with Gasteiger partial charge in [0.15, 0.2) is 5.82 Å². The number of aliphatic hydroxyl groups excluding tert-OH is 1. The number of aliphatic hydroxyl groups is 1. The summed E-state index contributed by atoms with van der Waals surface area (Å²) in [4.78, 5) is 5.86. The minimum absolute atomic E-state index is 0.173. The van der Waals surface area contributed by atoms with Gasteiger partial charge in [-0.25, -0.2) is 0 Å². The summed E-state index contributed by atoms with van der Waals surface area (Å²) < 4.78 is 0. The average molecular weight is 326 g/mol. The predicted molar refractivity (Wildman–Crippen MR) is 91.3 cm³/mol. The number of rotatable bonds is 4. The van der Waals surface area contributed by atoms with Crippen LogP contribution in [0, 0.1) is 25.2 Å². The second-order valence-electron chi connectivity index (χ2n) is 6.12. The summed E-state index contributed by atoms with van der Waals surface area (Å²) in [7, 11) is 0. The van der Waals surface area contributed by atoms with Gasteiger partial charge in [-0.3, -0.25) is 4.90 Å². The largest absolute Gasteiger partial charge is 0.395 e. The van der Waals surface area contributed by atoms with Crippen molar-refractivity contribution in [2.24, 2.45) is 0 Å². The van der Waals surface area contributed by atoms with Gasteiger partial charge in [0, 0.05) is 32.7 Å².